The van der Waals surface area contributed by atoms with Crippen LogP contribution in [0.4, 0.5) is 0 Å². The van der Waals surface area contributed by atoms with Crippen LogP contribution in [0.3, 0.4) is 0 Å². The Bertz CT molecular complexity index is 816. The van der Waals surface area contributed by atoms with Crippen LogP contribution in [0.15, 0.2) is 65.0 Å². The number of benzene rings is 2. The molecule has 0 saturated carbocycles. The summed E-state index contributed by atoms with van der Waals surface area (Å²) in [4.78, 5) is 8.55. The third-order valence-corrected chi connectivity index (χ3v) is 4.42. The molecule has 0 bridgehead atoms. The van der Waals surface area contributed by atoms with E-state index in [1.54, 1.807) is 18.5 Å². The van der Waals surface area contributed by atoms with Gasteiger partial charge in [-0.15, -0.1) is 0 Å². The van der Waals surface area contributed by atoms with Crippen molar-refractivity contribution in [1.82, 2.24) is 9.97 Å². The van der Waals surface area contributed by atoms with Crippen molar-refractivity contribution in [1.29, 1.82) is 0 Å². The molecule has 0 spiro atoms. The fraction of sp³-hybridized carbons (Fsp3) is 0.0625. The fourth-order valence-electron chi connectivity index (χ4n) is 2.04. The lowest BCUT2D eigenvalue weighted by atomic mass is 10.1. The first-order valence-electron chi connectivity index (χ1n) is 6.57. The summed E-state index contributed by atoms with van der Waals surface area (Å²) in [5.41, 5.74) is 2.30. The van der Waals surface area contributed by atoms with Crippen molar-refractivity contribution in [2.24, 2.45) is 5.16 Å². The second-order valence-electron chi connectivity index (χ2n) is 4.54. The highest BCUT2D eigenvalue weighted by Crippen LogP contribution is 2.25. The molecule has 110 valence electrons. The van der Waals surface area contributed by atoms with E-state index in [4.69, 9.17) is 11.6 Å². The van der Waals surface area contributed by atoms with Gasteiger partial charge >= 0.3 is 0 Å². The highest BCUT2D eigenvalue weighted by molar-refractivity contribution is 8.00. The van der Waals surface area contributed by atoms with E-state index in [1.807, 2.05) is 36.4 Å². The van der Waals surface area contributed by atoms with Crippen LogP contribution in [0, 0.1) is 0 Å². The average Bonchev–Trinajstić information content (AvgIpc) is 2.57. The maximum atomic E-state index is 9.25. The lowest BCUT2D eigenvalue weighted by Gasteiger charge is -2.06. The zero-order valence-corrected chi connectivity index (χ0v) is 13.1. The smallest absolute Gasteiger partial charge is 0.117 e. The van der Waals surface area contributed by atoms with E-state index in [2.05, 4.69) is 15.1 Å². The minimum absolute atomic E-state index is 0.499. The Balaban J connectivity index is 1.82. The molecule has 4 nitrogen and oxygen atoms in total. The van der Waals surface area contributed by atoms with Gasteiger partial charge in [0.2, 0.25) is 0 Å². The summed E-state index contributed by atoms with van der Waals surface area (Å²) in [6.45, 7) is 0. The molecule has 0 unspecified atom stereocenters. The first-order valence-corrected chi connectivity index (χ1v) is 7.93. The molecule has 1 aromatic heterocycles. The van der Waals surface area contributed by atoms with Gasteiger partial charge in [-0.25, -0.2) is 9.97 Å². The fourth-order valence-corrected chi connectivity index (χ4v) is 3.12. The van der Waals surface area contributed by atoms with Crippen molar-refractivity contribution in [2.45, 2.75) is 5.03 Å². The van der Waals surface area contributed by atoms with Crippen molar-refractivity contribution >= 4 is 40.0 Å². The zero-order valence-electron chi connectivity index (χ0n) is 11.5. The second-order valence-corrected chi connectivity index (χ2v) is 5.94. The van der Waals surface area contributed by atoms with Gasteiger partial charge in [0.05, 0.1) is 11.2 Å². The maximum Gasteiger partial charge on any atom is 0.117 e. The molecule has 0 amide bonds. The van der Waals surface area contributed by atoms with E-state index < -0.39 is 0 Å². The molecule has 3 aromatic rings. The Morgan fingerprint density at radius 1 is 1.09 bits per heavy atom. The number of oxime groups is 1. The van der Waals surface area contributed by atoms with Crippen LogP contribution in [0.2, 0.25) is 5.02 Å². The summed E-state index contributed by atoms with van der Waals surface area (Å²) >= 11 is 7.38. The van der Waals surface area contributed by atoms with Gasteiger partial charge in [-0.1, -0.05) is 58.9 Å². The zero-order chi connectivity index (χ0) is 15.4. The van der Waals surface area contributed by atoms with Gasteiger partial charge in [-0.3, -0.25) is 0 Å². The number of rotatable bonds is 4. The van der Waals surface area contributed by atoms with Gasteiger partial charge in [0.25, 0.3) is 0 Å². The standard InChI is InChI=1S/C16H12ClN3OS/c17-12-7-5-11(6-8-12)15(20-21)9-22-16-13-3-1-2-4-14(13)18-10-19-16/h1-8,10,21H,9H2. The number of aromatic nitrogens is 2. The Labute approximate surface area is 136 Å². The highest BCUT2D eigenvalue weighted by atomic mass is 35.5. The Morgan fingerprint density at radius 3 is 2.64 bits per heavy atom. The van der Waals surface area contributed by atoms with Gasteiger partial charge in [-0.2, -0.15) is 0 Å². The van der Waals surface area contributed by atoms with Crippen LogP contribution in [0.25, 0.3) is 10.9 Å². The predicted octanol–water partition coefficient (Wildman–Crippen LogP) is 4.25. The van der Waals surface area contributed by atoms with E-state index in [-0.39, 0.29) is 0 Å². The molecule has 0 saturated heterocycles. The molecule has 3 rings (SSSR count). The first kappa shape index (κ1) is 14.8. The number of para-hydroxylation sites is 1. The topological polar surface area (TPSA) is 58.4 Å². The van der Waals surface area contributed by atoms with Crippen molar-refractivity contribution in [3.8, 4) is 0 Å². The molecule has 0 aliphatic rings. The molecule has 0 fully saturated rings. The summed E-state index contributed by atoms with van der Waals surface area (Å²) in [5.74, 6) is 0.499. The summed E-state index contributed by atoms with van der Waals surface area (Å²) in [6.07, 6.45) is 1.54. The Hall–Kier alpha value is -2.11. The number of fused-ring (bicyclic) bond motifs is 1. The normalized spacial score (nSPS) is 11.8. The number of nitrogens with zero attached hydrogens (tertiary/aromatic N) is 3. The monoisotopic (exact) mass is 329 g/mol. The van der Waals surface area contributed by atoms with Crippen molar-refractivity contribution in [3.05, 3.63) is 65.4 Å². The van der Waals surface area contributed by atoms with Gasteiger partial charge in [0.1, 0.15) is 11.4 Å². The van der Waals surface area contributed by atoms with Crippen LogP contribution >= 0.6 is 23.4 Å². The van der Waals surface area contributed by atoms with Crippen LogP contribution in [-0.4, -0.2) is 26.6 Å². The van der Waals surface area contributed by atoms with Crippen LogP contribution in [0.5, 0.6) is 0 Å². The quantitative estimate of drug-likeness (QED) is 0.255. The number of thioether (sulfide) groups is 1. The first-order chi connectivity index (χ1) is 10.8. The maximum absolute atomic E-state index is 9.25. The van der Waals surface area contributed by atoms with Crippen LogP contribution < -0.4 is 0 Å². The summed E-state index contributed by atoms with van der Waals surface area (Å²) in [5, 5.41) is 15.1. The minimum Gasteiger partial charge on any atom is -0.411 e. The molecule has 0 aliphatic carbocycles. The molecule has 1 N–H and O–H groups in total. The van der Waals surface area contributed by atoms with Gasteiger partial charge in [-0.05, 0) is 18.2 Å². The molecule has 0 aliphatic heterocycles. The number of hydrogen-bond donors (Lipinski definition) is 1. The van der Waals surface area contributed by atoms with Crippen LogP contribution in [0.1, 0.15) is 5.56 Å². The molecule has 0 radical (unpaired) electrons. The molecule has 6 heteroatoms. The summed E-state index contributed by atoms with van der Waals surface area (Å²) in [7, 11) is 0. The van der Waals surface area contributed by atoms with Gasteiger partial charge in [0, 0.05) is 21.7 Å². The van der Waals surface area contributed by atoms with Crippen molar-refractivity contribution < 1.29 is 5.21 Å². The molecule has 22 heavy (non-hydrogen) atoms. The molecule has 1 heterocycles. The van der Waals surface area contributed by atoms with E-state index in [1.165, 1.54) is 11.8 Å². The summed E-state index contributed by atoms with van der Waals surface area (Å²) < 4.78 is 0. The minimum atomic E-state index is 0.499. The largest absolute Gasteiger partial charge is 0.411 e. The van der Waals surface area contributed by atoms with Crippen molar-refractivity contribution in [3.63, 3.8) is 0 Å². The summed E-state index contributed by atoms with van der Waals surface area (Å²) in [6, 6.07) is 15.0. The Kier molecular flexibility index (Phi) is 4.56. The molecule has 2 aromatic carbocycles. The van der Waals surface area contributed by atoms with E-state index in [0.717, 1.165) is 21.5 Å². The molecular formula is C16H12ClN3OS. The second kappa shape index (κ2) is 6.77. The number of hydrogen-bond acceptors (Lipinski definition) is 5. The molecule has 0 atom stereocenters. The average molecular weight is 330 g/mol. The third-order valence-electron chi connectivity index (χ3n) is 3.15. The van der Waals surface area contributed by atoms with E-state index in [0.29, 0.717) is 16.5 Å². The van der Waals surface area contributed by atoms with E-state index >= 15 is 0 Å². The van der Waals surface area contributed by atoms with Crippen molar-refractivity contribution in [2.75, 3.05) is 5.75 Å². The predicted molar refractivity (Wildman–Crippen MR) is 90.0 cm³/mol. The van der Waals surface area contributed by atoms with Crippen LogP contribution in [-0.2, 0) is 0 Å². The SMILES string of the molecule is ON=C(CSc1ncnc2ccccc12)c1ccc(Cl)cc1. The van der Waals surface area contributed by atoms with Gasteiger partial charge < -0.3 is 5.21 Å². The lowest BCUT2D eigenvalue weighted by molar-refractivity contribution is 0.319. The third kappa shape index (κ3) is 3.21. The highest BCUT2D eigenvalue weighted by Gasteiger charge is 2.09. The Morgan fingerprint density at radius 2 is 1.86 bits per heavy atom. The van der Waals surface area contributed by atoms with E-state index in [9.17, 15) is 5.21 Å². The number of halogens is 1. The van der Waals surface area contributed by atoms with Gasteiger partial charge in [0.15, 0.2) is 0 Å². The lowest BCUT2D eigenvalue weighted by Crippen LogP contribution is -2.04. The molecular weight excluding hydrogens is 318 g/mol.